The molecule has 4 N–H and O–H groups in total. The van der Waals surface area contributed by atoms with E-state index >= 15 is 0 Å². The van der Waals surface area contributed by atoms with Gasteiger partial charge < -0.3 is 21.1 Å². The highest BCUT2D eigenvalue weighted by Crippen LogP contribution is 2.25. The van der Waals surface area contributed by atoms with Crippen LogP contribution in [-0.2, 0) is 0 Å². The summed E-state index contributed by atoms with van der Waals surface area (Å²) in [6, 6.07) is 7.26. The maximum Gasteiger partial charge on any atom is 0.257 e. The minimum atomic E-state index is -0.503. The van der Waals surface area contributed by atoms with E-state index in [9.17, 15) is 14.7 Å². The Morgan fingerprint density at radius 3 is 2.57 bits per heavy atom. The number of amides is 2. The molecule has 1 aromatic heterocycles. The van der Waals surface area contributed by atoms with Crippen molar-refractivity contribution in [2.45, 2.75) is 63.6 Å². The van der Waals surface area contributed by atoms with Crippen molar-refractivity contribution in [1.29, 1.82) is 0 Å². The monoisotopic (exact) mass is 408 g/mol. The molecule has 2 aliphatic rings. The molecular formula is C23H28N4O3. The summed E-state index contributed by atoms with van der Waals surface area (Å²) in [5.74, 6) is -0.515. The fourth-order valence-electron chi connectivity index (χ4n) is 3.73. The van der Waals surface area contributed by atoms with Gasteiger partial charge in [0.1, 0.15) is 0 Å². The van der Waals surface area contributed by atoms with Crippen LogP contribution in [0, 0.1) is 6.92 Å². The summed E-state index contributed by atoms with van der Waals surface area (Å²) in [5, 5.41) is 19.3. The minimum Gasteiger partial charge on any atom is -0.391 e. The number of nitrogens with one attached hydrogen (secondary N) is 3. The first-order valence-corrected chi connectivity index (χ1v) is 10.6. The summed E-state index contributed by atoms with van der Waals surface area (Å²) in [5.41, 5.74) is 3.19. The second kappa shape index (κ2) is 8.83. The van der Waals surface area contributed by atoms with Crippen LogP contribution in [0.4, 0.5) is 11.4 Å². The van der Waals surface area contributed by atoms with Crippen molar-refractivity contribution in [3.05, 3.63) is 53.3 Å². The average molecular weight is 409 g/mol. The molecule has 0 spiro atoms. The van der Waals surface area contributed by atoms with E-state index in [4.69, 9.17) is 0 Å². The van der Waals surface area contributed by atoms with Crippen molar-refractivity contribution in [2.24, 2.45) is 0 Å². The molecule has 0 unspecified atom stereocenters. The maximum absolute atomic E-state index is 12.7. The van der Waals surface area contributed by atoms with Gasteiger partial charge in [-0.2, -0.15) is 0 Å². The molecule has 1 heterocycles. The number of carbonyl (C=O) groups is 2. The lowest BCUT2D eigenvalue weighted by Crippen LogP contribution is -2.45. The molecule has 2 amide bonds. The zero-order chi connectivity index (χ0) is 21.1. The van der Waals surface area contributed by atoms with E-state index in [0.29, 0.717) is 29.3 Å². The first-order valence-electron chi connectivity index (χ1n) is 10.6. The third kappa shape index (κ3) is 4.97. The highest BCUT2D eigenvalue weighted by Gasteiger charge is 2.25. The van der Waals surface area contributed by atoms with Gasteiger partial charge in [0.2, 0.25) is 0 Å². The molecule has 7 nitrogen and oxygen atoms in total. The Kier molecular flexibility index (Phi) is 5.99. The van der Waals surface area contributed by atoms with E-state index in [1.807, 2.05) is 13.0 Å². The summed E-state index contributed by atoms with van der Waals surface area (Å²) in [6.45, 7) is 1.88. The zero-order valence-corrected chi connectivity index (χ0v) is 17.1. The van der Waals surface area contributed by atoms with Crippen molar-refractivity contribution in [2.75, 3.05) is 10.6 Å². The minimum absolute atomic E-state index is 0.224. The number of benzene rings is 1. The highest BCUT2D eigenvalue weighted by atomic mass is 16.3. The molecule has 30 heavy (non-hydrogen) atoms. The molecule has 4 rings (SSSR count). The number of hydrogen-bond acceptors (Lipinski definition) is 5. The largest absolute Gasteiger partial charge is 0.391 e. The highest BCUT2D eigenvalue weighted by molar-refractivity contribution is 6.05. The molecule has 2 saturated carbocycles. The fourth-order valence-corrected chi connectivity index (χ4v) is 3.73. The van der Waals surface area contributed by atoms with Crippen LogP contribution >= 0.6 is 0 Å². The molecule has 158 valence electrons. The van der Waals surface area contributed by atoms with Crippen molar-refractivity contribution < 1.29 is 14.7 Å². The number of anilines is 2. The molecule has 0 radical (unpaired) electrons. The molecule has 2 aromatic rings. The van der Waals surface area contributed by atoms with Gasteiger partial charge in [0.25, 0.3) is 11.8 Å². The summed E-state index contributed by atoms with van der Waals surface area (Å²) >= 11 is 0. The Labute approximate surface area is 176 Å². The maximum atomic E-state index is 12.7. The van der Waals surface area contributed by atoms with E-state index in [0.717, 1.165) is 43.4 Å². The Morgan fingerprint density at radius 1 is 1.00 bits per heavy atom. The number of aromatic nitrogens is 1. The summed E-state index contributed by atoms with van der Waals surface area (Å²) in [4.78, 5) is 29.6. The van der Waals surface area contributed by atoms with Crippen LogP contribution in [-0.4, -0.2) is 40.1 Å². The standard InChI is InChI=1S/C23H28N4O3/c1-14-6-7-15(22(29)26-19-4-2-3-5-21(19)28)11-20(14)27-23(30)16-10-18(13-24-12-16)25-17-8-9-17/h6-7,10-13,17,19,21,25,28H,2-5,8-9H2,1H3,(H,26,29)(H,27,30)/t19-,21-/m0/s1. The van der Waals surface area contributed by atoms with Crippen LogP contribution in [0.2, 0.25) is 0 Å². The number of aliphatic hydroxyl groups excluding tert-OH is 1. The number of rotatable bonds is 6. The number of hydrogen-bond donors (Lipinski definition) is 4. The topological polar surface area (TPSA) is 103 Å². The number of aliphatic hydroxyl groups is 1. The summed E-state index contributed by atoms with van der Waals surface area (Å²) in [6.07, 6.45) is 8.50. The quantitative estimate of drug-likeness (QED) is 0.588. The van der Waals surface area contributed by atoms with Gasteiger partial charge in [-0.1, -0.05) is 18.9 Å². The van der Waals surface area contributed by atoms with Gasteiger partial charge in [0.05, 0.1) is 23.4 Å². The van der Waals surface area contributed by atoms with Crippen molar-refractivity contribution in [3.63, 3.8) is 0 Å². The Hall–Kier alpha value is -2.93. The van der Waals surface area contributed by atoms with Gasteiger partial charge >= 0.3 is 0 Å². The van der Waals surface area contributed by atoms with E-state index in [-0.39, 0.29) is 17.9 Å². The van der Waals surface area contributed by atoms with Crippen molar-refractivity contribution in [3.8, 4) is 0 Å². The fraction of sp³-hybridized carbons (Fsp3) is 0.435. The SMILES string of the molecule is Cc1ccc(C(=O)N[C@H]2CCCC[C@@H]2O)cc1NC(=O)c1cncc(NC2CC2)c1. The molecule has 2 atom stereocenters. The third-order valence-electron chi connectivity index (χ3n) is 5.74. The molecule has 2 aliphatic carbocycles. The predicted octanol–water partition coefficient (Wildman–Crippen LogP) is 3.25. The second-order valence-electron chi connectivity index (χ2n) is 8.30. The number of nitrogens with zero attached hydrogens (tertiary/aromatic N) is 1. The molecular weight excluding hydrogens is 380 g/mol. The Balaban J connectivity index is 1.45. The Morgan fingerprint density at radius 2 is 1.80 bits per heavy atom. The first-order chi connectivity index (χ1) is 14.5. The van der Waals surface area contributed by atoms with Gasteiger partial charge in [-0.05, 0) is 56.4 Å². The normalized spacial score (nSPS) is 21.0. The van der Waals surface area contributed by atoms with E-state index in [2.05, 4.69) is 20.9 Å². The number of carbonyl (C=O) groups excluding carboxylic acids is 2. The van der Waals surface area contributed by atoms with Crippen molar-refractivity contribution in [1.82, 2.24) is 10.3 Å². The summed E-state index contributed by atoms with van der Waals surface area (Å²) in [7, 11) is 0. The van der Waals surface area contributed by atoms with Crippen LogP contribution in [0.25, 0.3) is 0 Å². The van der Waals surface area contributed by atoms with Gasteiger partial charge in [0.15, 0.2) is 0 Å². The van der Waals surface area contributed by atoms with E-state index < -0.39 is 6.10 Å². The smallest absolute Gasteiger partial charge is 0.257 e. The zero-order valence-electron chi connectivity index (χ0n) is 17.1. The summed E-state index contributed by atoms with van der Waals surface area (Å²) < 4.78 is 0. The first kappa shape index (κ1) is 20.3. The molecule has 2 fully saturated rings. The van der Waals surface area contributed by atoms with Crippen LogP contribution in [0.15, 0.2) is 36.7 Å². The van der Waals surface area contributed by atoms with Gasteiger partial charge in [0, 0.05) is 29.7 Å². The molecule has 0 bridgehead atoms. The lowest BCUT2D eigenvalue weighted by atomic mass is 9.92. The predicted molar refractivity (Wildman–Crippen MR) is 116 cm³/mol. The number of pyridine rings is 1. The molecule has 1 aromatic carbocycles. The Bertz CT molecular complexity index is 942. The average Bonchev–Trinajstić information content (AvgIpc) is 3.55. The second-order valence-corrected chi connectivity index (χ2v) is 8.30. The van der Waals surface area contributed by atoms with Gasteiger partial charge in [-0.3, -0.25) is 14.6 Å². The molecule has 0 saturated heterocycles. The van der Waals surface area contributed by atoms with Crippen LogP contribution in [0.5, 0.6) is 0 Å². The van der Waals surface area contributed by atoms with Gasteiger partial charge in [-0.25, -0.2) is 0 Å². The van der Waals surface area contributed by atoms with Crippen LogP contribution in [0.3, 0.4) is 0 Å². The molecule has 7 heteroatoms. The van der Waals surface area contributed by atoms with Gasteiger partial charge in [-0.15, -0.1) is 0 Å². The number of aryl methyl sites for hydroxylation is 1. The van der Waals surface area contributed by atoms with Crippen molar-refractivity contribution >= 4 is 23.2 Å². The lowest BCUT2D eigenvalue weighted by molar-refractivity contribution is 0.0717. The van der Waals surface area contributed by atoms with Crippen LogP contribution < -0.4 is 16.0 Å². The van der Waals surface area contributed by atoms with Crippen LogP contribution in [0.1, 0.15) is 64.8 Å². The molecule has 0 aliphatic heterocycles. The van der Waals surface area contributed by atoms with E-state index in [1.54, 1.807) is 24.4 Å². The third-order valence-corrected chi connectivity index (χ3v) is 5.74. The lowest BCUT2D eigenvalue weighted by Gasteiger charge is -2.28. The van der Waals surface area contributed by atoms with E-state index in [1.165, 1.54) is 6.20 Å².